The second kappa shape index (κ2) is 5.24. The van der Waals surface area contributed by atoms with Gasteiger partial charge in [0.25, 0.3) is 0 Å². The fourth-order valence-electron chi connectivity index (χ4n) is 0.937. The van der Waals surface area contributed by atoms with Gasteiger partial charge in [-0.05, 0) is 19.8 Å². The molecule has 4 heteroatoms. The molecular formula is C11H17F3O. The number of halogens is 3. The number of hydrogen-bond acceptors (Lipinski definition) is 1. The monoisotopic (exact) mass is 222 g/mol. The zero-order valence-electron chi connectivity index (χ0n) is 9.48. The van der Waals surface area contributed by atoms with Crippen LogP contribution in [0.5, 0.6) is 0 Å². The quantitative estimate of drug-likeness (QED) is 0.514. The van der Waals surface area contributed by atoms with Crippen molar-refractivity contribution < 1.29 is 17.9 Å². The highest BCUT2D eigenvalue weighted by atomic mass is 19.4. The smallest absolute Gasteiger partial charge is 0.419 e. The van der Waals surface area contributed by atoms with Gasteiger partial charge in [0, 0.05) is 0 Å². The van der Waals surface area contributed by atoms with Crippen LogP contribution < -0.4 is 0 Å². The maximum absolute atomic E-state index is 12.4. The molecule has 0 aliphatic heterocycles. The molecule has 0 aromatic carbocycles. The SMILES string of the molecule is C=C/C(=C(\C)OC(C)C(C)C)C(F)(F)F. The van der Waals surface area contributed by atoms with Crippen LogP contribution in [-0.2, 0) is 4.74 Å². The lowest BCUT2D eigenvalue weighted by Gasteiger charge is -2.21. The van der Waals surface area contributed by atoms with E-state index in [-0.39, 0.29) is 17.8 Å². The second-order valence-corrected chi connectivity index (χ2v) is 3.74. The van der Waals surface area contributed by atoms with E-state index in [1.165, 1.54) is 6.92 Å². The van der Waals surface area contributed by atoms with Crippen molar-refractivity contribution in [2.45, 2.75) is 40.0 Å². The molecule has 0 aliphatic carbocycles. The van der Waals surface area contributed by atoms with Crippen molar-refractivity contribution in [1.82, 2.24) is 0 Å². The first-order valence-electron chi connectivity index (χ1n) is 4.77. The van der Waals surface area contributed by atoms with Crippen LogP contribution in [0.1, 0.15) is 27.7 Å². The summed E-state index contributed by atoms with van der Waals surface area (Å²) in [5, 5.41) is 0. The molecule has 0 fully saturated rings. The average Bonchev–Trinajstić information content (AvgIpc) is 2.01. The van der Waals surface area contributed by atoms with Crippen LogP contribution in [0.15, 0.2) is 24.0 Å². The third-order valence-corrected chi connectivity index (χ3v) is 2.19. The molecule has 0 spiro atoms. The summed E-state index contributed by atoms with van der Waals surface area (Å²) in [5.41, 5.74) is -0.810. The Hall–Kier alpha value is -0.930. The van der Waals surface area contributed by atoms with E-state index in [0.717, 1.165) is 6.08 Å². The molecule has 0 amide bonds. The van der Waals surface area contributed by atoms with E-state index >= 15 is 0 Å². The van der Waals surface area contributed by atoms with Crippen LogP contribution in [0.3, 0.4) is 0 Å². The zero-order valence-corrected chi connectivity index (χ0v) is 9.48. The number of hydrogen-bond donors (Lipinski definition) is 0. The summed E-state index contributed by atoms with van der Waals surface area (Å²) in [6.07, 6.45) is -3.87. The first kappa shape index (κ1) is 14.1. The summed E-state index contributed by atoms with van der Waals surface area (Å²) in [4.78, 5) is 0. The van der Waals surface area contributed by atoms with Gasteiger partial charge in [-0.2, -0.15) is 13.2 Å². The topological polar surface area (TPSA) is 9.23 Å². The molecule has 0 N–H and O–H groups in total. The maximum Gasteiger partial charge on any atom is 0.419 e. The van der Waals surface area contributed by atoms with Crippen molar-refractivity contribution in [3.05, 3.63) is 24.0 Å². The summed E-state index contributed by atoms with van der Waals surface area (Å²) in [7, 11) is 0. The number of allylic oxidation sites excluding steroid dienone is 3. The molecular weight excluding hydrogens is 205 g/mol. The van der Waals surface area contributed by atoms with Gasteiger partial charge in [-0.15, -0.1) is 0 Å². The standard InChI is InChI=1S/C11H17F3O/c1-6-10(11(12,13)14)9(5)15-8(4)7(2)3/h6-8H,1H2,2-5H3/b10-9-. The highest BCUT2D eigenvalue weighted by molar-refractivity contribution is 5.24. The molecule has 88 valence electrons. The van der Waals surface area contributed by atoms with Gasteiger partial charge in [-0.1, -0.05) is 26.5 Å². The molecule has 0 heterocycles. The Balaban J connectivity index is 4.83. The summed E-state index contributed by atoms with van der Waals surface area (Å²) in [6.45, 7) is 9.97. The Labute approximate surface area is 88.6 Å². The Kier molecular flexibility index (Phi) is 4.91. The summed E-state index contributed by atoms with van der Waals surface area (Å²) in [6, 6.07) is 0. The first-order chi connectivity index (χ1) is 6.70. The van der Waals surface area contributed by atoms with Gasteiger partial charge in [0.15, 0.2) is 0 Å². The van der Waals surface area contributed by atoms with E-state index in [2.05, 4.69) is 6.58 Å². The van der Waals surface area contributed by atoms with Crippen molar-refractivity contribution in [3.63, 3.8) is 0 Å². The van der Waals surface area contributed by atoms with Crippen molar-refractivity contribution >= 4 is 0 Å². The summed E-state index contributed by atoms with van der Waals surface area (Å²) < 4.78 is 42.4. The van der Waals surface area contributed by atoms with Crippen LogP contribution in [0.4, 0.5) is 13.2 Å². The van der Waals surface area contributed by atoms with Gasteiger partial charge < -0.3 is 4.74 Å². The predicted molar refractivity (Wildman–Crippen MR) is 54.3 cm³/mol. The fraction of sp³-hybridized carbons (Fsp3) is 0.636. The highest BCUT2D eigenvalue weighted by Gasteiger charge is 2.34. The molecule has 1 nitrogen and oxygen atoms in total. The largest absolute Gasteiger partial charge is 0.494 e. The van der Waals surface area contributed by atoms with Crippen molar-refractivity contribution in [2.75, 3.05) is 0 Å². The van der Waals surface area contributed by atoms with Gasteiger partial charge in [-0.25, -0.2) is 0 Å². The second-order valence-electron chi connectivity index (χ2n) is 3.74. The molecule has 0 radical (unpaired) electrons. The Morgan fingerprint density at radius 1 is 1.27 bits per heavy atom. The molecule has 0 aromatic rings. The van der Waals surface area contributed by atoms with Crippen LogP contribution in [0.25, 0.3) is 0 Å². The summed E-state index contributed by atoms with van der Waals surface area (Å²) in [5.74, 6) is 0.0398. The minimum absolute atomic E-state index is 0.126. The van der Waals surface area contributed by atoms with E-state index in [1.807, 2.05) is 13.8 Å². The lowest BCUT2D eigenvalue weighted by molar-refractivity contribution is -0.0928. The van der Waals surface area contributed by atoms with Gasteiger partial charge in [0.1, 0.15) is 5.76 Å². The molecule has 0 rings (SSSR count). The van der Waals surface area contributed by atoms with E-state index in [4.69, 9.17) is 4.74 Å². The van der Waals surface area contributed by atoms with Crippen LogP contribution in [-0.4, -0.2) is 12.3 Å². The molecule has 0 bridgehead atoms. The highest BCUT2D eigenvalue weighted by Crippen LogP contribution is 2.30. The number of rotatable bonds is 4. The van der Waals surface area contributed by atoms with E-state index < -0.39 is 11.7 Å². The molecule has 0 aliphatic rings. The molecule has 1 unspecified atom stereocenters. The van der Waals surface area contributed by atoms with Gasteiger partial charge in [0.05, 0.1) is 11.7 Å². The van der Waals surface area contributed by atoms with E-state index in [1.54, 1.807) is 6.92 Å². The number of ether oxygens (including phenoxy) is 1. The minimum Gasteiger partial charge on any atom is -0.494 e. The average molecular weight is 222 g/mol. The van der Waals surface area contributed by atoms with Crippen LogP contribution in [0, 0.1) is 5.92 Å². The van der Waals surface area contributed by atoms with E-state index in [0.29, 0.717) is 0 Å². The third kappa shape index (κ3) is 4.40. The lowest BCUT2D eigenvalue weighted by atomic mass is 10.1. The number of alkyl halides is 3. The van der Waals surface area contributed by atoms with Crippen molar-refractivity contribution in [1.29, 1.82) is 0 Å². The minimum atomic E-state index is -4.40. The van der Waals surface area contributed by atoms with E-state index in [9.17, 15) is 13.2 Å². The van der Waals surface area contributed by atoms with Gasteiger partial charge in [-0.3, -0.25) is 0 Å². The molecule has 1 atom stereocenters. The summed E-state index contributed by atoms with van der Waals surface area (Å²) >= 11 is 0. The Bertz CT molecular complexity index is 251. The van der Waals surface area contributed by atoms with Crippen molar-refractivity contribution in [3.8, 4) is 0 Å². The molecule has 0 saturated heterocycles. The Morgan fingerprint density at radius 2 is 1.73 bits per heavy atom. The maximum atomic E-state index is 12.4. The fourth-order valence-corrected chi connectivity index (χ4v) is 0.937. The molecule has 0 aromatic heterocycles. The zero-order chi connectivity index (χ0) is 12.2. The van der Waals surface area contributed by atoms with Crippen molar-refractivity contribution in [2.24, 2.45) is 5.92 Å². The normalized spacial score (nSPS) is 16.0. The lowest BCUT2D eigenvalue weighted by Crippen LogP contribution is -2.18. The van der Waals surface area contributed by atoms with Gasteiger partial charge in [0.2, 0.25) is 0 Å². The van der Waals surface area contributed by atoms with Crippen LogP contribution >= 0.6 is 0 Å². The van der Waals surface area contributed by atoms with Crippen LogP contribution in [0.2, 0.25) is 0 Å². The molecule has 0 saturated carbocycles. The Morgan fingerprint density at radius 3 is 2.00 bits per heavy atom. The predicted octanol–water partition coefficient (Wildman–Crippen LogP) is 4.07. The van der Waals surface area contributed by atoms with Gasteiger partial charge >= 0.3 is 6.18 Å². The molecule has 15 heavy (non-hydrogen) atoms. The first-order valence-corrected chi connectivity index (χ1v) is 4.77. The third-order valence-electron chi connectivity index (χ3n) is 2.19.